The summed E-state index contributed by atoms with van der Waals surface area (Å²) < 4.78 is 19.1. The van der Waals surface area contributed by atoms with Gasteiger partial charge in [0.05, 0.1) is 27.4 Å². The van der Waals surface area contributed by atoms with Crippen LogP contribution in [0, 0.1) is 5.41 Å². The number of aliphatic hydroxyl groups is 1. The molecule has 1 heterocycles. The molecule has 3 rings (SSSR count). The number of benzene rings is 2. The van der Waals surface area contributed by atoms with Gasteiger partial charge in [0.25, 0.3) is 0 Å². The second-order valence-electron chi connectivity index (χ2n) is 6.59. The number of aliphatic hydroxyl groups excluding tert-OH is 1. The van der Waals surface area contributed by atoms with Crippen LogP contribution in [0.15, 0.2) is 65.7 Å². The first-order chi connectivity index (χ1) is 16.4. The first-order valence-corrected chi connectivity index (χ1v) is 10.4. The van der Waals surface area contributed by atoms with Gasteiger partial charge in [0.2, 0.25) is 11.8 Å². The number of carbonyl (C=O) groups is 2. The molecule has 0 spiro atoms. The van der Waals surface area contributed by atoms with E-state index in [0.29, 0.717) is 12.5 Å². The van der Waals surface area contributed by atoms with Crippen molar-refractivity contribution in [2.24, 2.45) is 10.7 Å². The number of esters is 2. The topological polar surface area (TPSA) is 154 Å². The van der Waals surface area contributed by atoms with Crippen LogP contribution in [0.2, 0.25) is 0 Å². The summed E-state index contributed by atoms with van der Waals surface area (Å²) >= 11 is 0. The van der Waals surface area contributed by atoms with Crippen molar-refractivity contribution in [3.8, 4) is 0 Å². The number of methoxy groups -OCH3 is 2. The Morgan fingerprint density at radius 3 is 2.11 bits per heavy atom. The summed E-state index contributed by atoms with van der Waals surface area (Å²) in [4.78, 5) is 25.6. The molecular weight excluding hydrogens is 490 g/mol. The molecular formula is C25H36ClN3O7. The van der Waals surface area contributed by atoms with Crippen LogP contribution >= 0.6 is 12.4 Å². The number of carbonyl (C=O) groups excluding carboxylic acids is 2. The number of halogens is 1. The highest BCUT2D eigenvalue weighted by molar-refractivity contribution is 5.97. The van der Waals surface area contributed by atoms with Gasteiger partial charge < -0.3 is 29.8 Å². The van der Waals surface area contributed by atoms with Crippen LogP contribution in [0.4, 0.5) is 0 Å². The first kappa shape index (κ1) is 34.7. The van der Waals surface area contributed by atoms with Crippen molar-refractivity contribution in [2.45, 2.75) is 26.4 Å². The summed E-state index contributed by atoms with van der Waals surface area (Å²) in [5.74, 6) is -0.201. The van der Waals surface area contributed by atoms with E-state index < -0.39 is 18.1 Å². The maximum absolute atomic E-state index is 11.2. The maximum atomic E-state index is 11.2. The summed E-state index contributed by atoms with van der Waals surface area (Å²) in [6.07, 6.45) is 0. The number of hydrogen-bond donors (Lipinski definition) is 3. The summed E-state index contributed by atoms with van der Waals surface area (Å²) in [5.41, 5.74) is 6.71. The molecule has 1 aliphatic heterocycles. The fourth-order valence-electron chi connectivity index (χ4n) is 2.41. The van der Waals surface area contributed by atoms with Crippen LogP contribution in [-0.4, -0.2) is 75.0 Å². The fourth-order valence-corrected chi connectivity index (χ4v) is 2.41. The van der Waals surface area contributed by atoms with Crippen molar-refractivity contribution in [1.82, 2.24) is 0 Å². The van der Waals surface area contributed by atoms with Crippen LogP contribution in [-0.2, 0) is 28.5 Å². The molecule has 0 aliphatic carbocycles. The molecule has 1 aliphatic rings. The number of aliphatic imine (C=N–C) groups is 1. The van der Waals surface area contributed by atoms with Gasteiger partial charge in [0, 0.05) is 11.1 Å². The second kappa shape index (κ2) is 19.8. The van der Waals surface area contributed by atoms with E-state index in [-0.39, 0.29) is 44.9 Å². The minimum Gasteiger partial charge on any atom is -0.478 e. The molecule has 0 aromatic heterocycles. The molecule has 0 fully saturated rings. The van der Waals surface area contributed by atoms with Crippen molar-refractivity contribution in [1.29, 1.82) is 5.41 Å². The average molecular weight is 526 g/mol. The maximum Gasteiger partial charge on any atom is 0.334 e. The summed E-state index contributed by atoms with van der Waals surface area (Å²) in [6, 6.07) is 17.5. The van der Waals surface area contributed by atoms with E-state index in [0.717, 1.165) is 11.1 Å². The van der Waals surface area contributed by atoms with Crippen LogP contribution in [0.25, 0.3) is 0 Å². The molecule has 2 aromatic carbocycles. The Morgan fingerprint density at radius 1 is 1.11 bits per heavy atom. The molecule has 2 aromatic rings. The molecule has 4 N–H and O–H groups in total. The number of nitrogens with one attached hydrogen (secondary N) is 1. The van der Waals surface area contributed by atoms with Crippen molar-refractivity contribution in [2.75, 3.05) is 34.0 Å². The number of nitrogens with zero attached hydrogens (tertiary/aromatic N) is 1. The summed E-state index contributed by atoms with van der Waals surface area (Å²) in [5, 5.41) is 15.6. The quantitative estimate of drug-likeness (QED) is 0.295. The van der Waals surface area contributed by atoms with Crippen molar-refractivity contribution in [3.05, 3.63) is 71.8 Å². The average Bonchev–Trinajstić information content (AvgIpc) is 3.39. The summed E-state index contributed by atoms with van der Waals surface area (Å²) in [6.45, 7) is 2.31. The van der Waals surface area contributed by atoms with Gasteiger partial charge in [-0.2, -0.15) is 0 Å². The van der Waals surface area contributed by atoms with E-state index in [4.69, 9.17) is 25.7 Å². The highest BCUT2D eigenvalue weighted by Crippen LogP contribution is 2.12. The molecule has 0 saturated carbocycles. The molecule has 0 amide bonds. The van der Waals surface area contributed by atoms with E-state index >= 15 is 0 Å². The Labute approximate surface area is 218 Å². The van der Waals surface area contributed by atoms with Crippen molar-refractivity contribution >= 4 is 36.1 Å². The van der Waals surface area contributed by atoms with E-state index in [2.05, 4.69) is 14.5 Å². The minimum atomic E-state index is -0.889. The zero-order valence-electron chi connectivity index (χ0n) is 19.9. The van der Waals surface area contributed by atoms with Crippen LogP contribution in [0.1, 0.15) is 25.5 Å². The molecule has 0 saturated heterocycles. The Balaban J connectivity index is 0. The molecule has 11 heteroatoms. The van der Waals surface area contributed by atoms with Gasteiger partial charge in [-0.05, 0) is 31.2 Å². The molecule has 36 heavy (non-hydrogen) atoms. The molecule has 10 nitrogen and oxygen atoms in total. The standard InChI is InChI=1S/C11H11NO3.C9H11NO.C4H9NO3.CH4.ClH/c1-14-11(13)9-7-15-10(12-9)8-5-3-2-4-6-8;1-2-11-9(10)8-6-4-3-5-7-8;1-8-4(7)3(5)2-6;;/h2-6,9H,7H2,1H3;3-7,10H,2H2,1H3;3,6H,2,5H2,1H3;1H4;1H/t9-;;3-;;/m0.0../s1. The molecule has 2 atom stereocenters. The number of nitrogens with two attached hydrogens (primary N) is 1. The lowest BCUT2D eigenvalue weighted by molar-refractivity contribution is -0.143. The second-order valence-corrected chi connectivity index (χ2v) is 6.59. The highest BCUT2D eigenvalue weighted by Gasteiger charge is 2.26. The van der Waals surface area contributed by atoms with Crippen LogP contribution < -0.4 is 5.73 Å². The van der Waals surface area contributed by atoms with Gasteiger partial charge in [-0.3, -0.25) is 10.2 Å². The Bertz CT molecular complexity index is 928. The van der Waals surface area contributed by atoms with Crippen LogP contribution in [0.5, 0.6) is 0 Å². The Hall–Kier alpha value is -3.47. The third-order valence-electron chi connectivity index (χ3n) is 4.17. The SMILES string of the molecule is C.CCOC(=N)c1ccccc1.COC(=O)[C@@H](N)CO.COC(=O)[C@@H]1COC(c2ccccc2)=N1.Cl. The van der Waals surface area contributed by atoms with Crippen molar-refractivity contribution in [3.63, 3.8) is 0 Å². The Kier molecular flexibility index (Phi) is 19.1. The third-order valence-corrected chi connectivity index (χ3v) is 4.17. The number of hydrogen-bond acceptors (Lipinski definition) is 10. The van der Waals surface area contributed by atoms with E-state index in [1.165, 1.54) is 14.2 Å². The monoisotopic (exact) mass is 525 g/mol. The highest BCUT2D eigenvalue weighted by atomic mass is 35.5. The fraction of sp³-hybridized carbons (Fsp3) is 0.360. The molecule has 0 radical (unpaired) electrons. The van der Waals surface area contributed by atoms with Crippen molar-refractivity contribution < 1.29 is 33.6 Å². The lowest BCUT2D eigenvalue weighted by atomic mass is 10.2. The lowest BCUT2D eigenvalue weighted by Crippen LogP contribution is -2.34. The zero-order chi connectivity index (χ0) is 25.3. The zero-order valence-corrected chi connectivity index (χ0v) is 20.7. The lowest BCUT2D eigenvalue weighted by Gasteiger charge is -2.02. The minimum absolute atomic E-state index is 0. The largest absolute Gasteiger partial charge is 0.478 e. The number of ether oxygens (including phenoxy) is 4. The van der Waals surface area contributed by atoms with Gasteiger partial charge in [-0.25, -0.2) is 9.79 Å². The van der Waals surface area contributed by atoms with Gasteiger partial charge in [-0.1, -0.05) is 43.8 Å². The van der Waals surface area contributed by atoms with Gasteiger partial charge >= 0.3 is 11.9 Å². The number of rotatable bonds is 6. The van der Waals surface area contributed by atoms with Gasteiger partial charge in [0.15, 0.2) is 6.04 Å². The summed E-state index contributed by atoms with van der Waals surface area (Å²) in [7, 11) is 2.57. The smallest absolute Gasteiger partial charge is 0.334 e. The normalized spacial score (nSPS) is 13.7. The molecule has 0 bridgehead atoms. The van der Waals surface area contributed by atoms with Crippen LogP contribution in [0.3, 0.4) is 0 Å². The van der Waals surface area contributed by atoms with E-state index in [1.54, 1.807) is 0 Å². The predicted molar refractivity (Wildman–Crippen MR) is 141 cm³/mol. The first-order valence-electron chi connectivity index (χ1n) is 10.4. The predicted octanol–water partition coefficient (Wildman–Crippen LogP) is 2.59. The Morgan fingerprint density at radius 2 is 1.67 bits per heavy atom. The molecule has 0 unspecified atom stereocenters. The molecule has 200 valence electrons. The van der Waals surface area contributed by atoms with E-state index in [9.17, 15) is 9.59 Å². The van der Waals surface area contributed by atoms with E-state index in [1.807, 2.05) is 67.6 Å². The van der Waals surface area contributed by atoms with Gasteiger partial charge in [-0.15, -0.1) is 12.4 Å². The third kappa shape index (κ3) is 12.3. The van der Waals surface area contributed by atoms with Gasteiger partial charge in [0.1, 0.15) is 12.6 Å².